The third kappa shape index (κ3) is 11.5. The van der Waals surface area contributed by atoms with Gasteiger partial charge in [0, 0.05) is 0 Å². The van der Waals surface area contributed by atoms with Crippen molar-refractivity contribution in [1.29, 1.82) is 0 Å². The number of carboxylic acids is 1. The Morgan fingerprint density at radius 2 is 1.42 bits per heavy atom. The lowest BCUT2D eigenvalue weighted by Crippen LogP contribution is -2.59. The second-order valence-corrected chi connectivity index (χ2v) is 9.52. The van der Waals surface area contributed by atoms with Gasteiger partial charge in [0.15, 0.2) is 0 Å². The number of aliphatic carboxylic acids is 1. The van der Waals surface area contributed by atoms with Gasteiger partial charge in [-0.1, -0.05) is 54.4 Å². The highest BCUT2D eigenvalue weighted by Gasteiger charge is 2.33. The predicted octanol–water partition coefficient (Wildman–Crippen LogP) is 0.730. The number of nitrogens with two attached hydrogens (primary N) is 2. The van der Waals surface area contributed by atoms with E-state index >= 15 is 0 Å². The van der Waals surface area contributed by atoms with Crippen LogP contribution in [0.5, 0.6) is 0 Å². The molecule has 0 spiro atoms. The molecule has 0 aliphatic rings. The lowest BCUT2D eigenvalue weighted by atomic mass is 9.95. The first kappa shape index (κ1) is 30.8. The molecule has 0 aliphatic carbocycles. The van der Waals surface area contributed by atoms with E-state index in [1.165, 1.54) is 0 Å². The summed E-state index contributed by atoms with van der Waals surface area (Å²) in [5.41, 5.74) is 11.4. The van der Waals surface area contributed by atoms with Crippen molar-refractivity contribution in [3.8, 4) is 0 Å². The second-order valence-electron chi connectivity index (χ2n) is 9.52. The van der Waals surface area contributed by atoms with E-state index in [9.17, 15) is 24.3 Å². The highest BCUT2D eigenvalue weighted by molar-refractivity contribution is 5.94. The van der Waals surface area contributed by atoms with Gasteiger partial charge in [-0.15, -0.1) is 0 Å². The fourth-order valence-electron chi connectivity index (χ4n) is 3.33. The molecular formula is C23H45N5O5. The molecule has 0 bridgehead atoms. The Labute approximate surface area is 198 Å². The Balaban J connectivity index is 5.46. The zero-order chi connectivity index (χ0) is 25.7. The summed E-state index contributed by atoms with van der Waals surface area (Å²) in [5, 5.41) is 17.4. The molecule has 10 heteroatoms. The van der Waals surface area contributed by atoms with E-state index in [-0.39, 0.29) is 17.8 Å². The maximum absolute atomic E-state index is 13.1. The Hall–Kier alpha value is -2.20. The molecule has 0 heterocycles. The fourth-order valence-corrected chi connectivity index (χ4v) is 3.33. The molecular weight excluding hydrogens is 426 g/mol. The minimum absolute atomic E-state index is 0.0997. The minimum Gasteiger partial charge on any atom is -0.480 e. The van der Waals surface area contributed by atoms with Crippen LogP contribution in [0.2, 0.25) is 0 Å². The van der Waals surface area contributed by atoms with Gasteiger partial charge in [-0.25, -0.2) is 4.79 Å². The standard InChI is InChI=1S/C23H45N5O5/c1-7-15(6)19(22(31)27-18(14(4)5)23(32)33)28-21(30)17(12-13(2)3)26-20(29)16(25)10-8-9-11-24/h13-19H,7-12,24-25H2,1-6H3,(H,26,29)(H,27,31)(H,28,30)(H,32,33). The van der Waals surface area contributed by atoms with Crippen molar-refractivity contribution >= 4 is 23.7 Å². The Morgan fingerprint density at radius 3 is 1.88 bits per heavy atom. The summed E-state index contributed by atoms with van der Waals surface area (Å²) in [5.74, 6) is -3.10. The molecule has 8 N–H and O–H groups in total. The molecule has 0 fully saturated rings. The average molecular weight is 472 g/mol. The van der Waals surface area contributed by atoms with Gasteiger partial charge < -0.3 is 32.5 Å². The monoisotopic (exact) mass is 471 g/mol. The second kappa shape index (κ2) is 15.6. The summed E-state index contributed by atoms with van der Waals surface area (Å²) < 4.78 is 0. The van der Waals surface area contributed by atoms with Crippen molar-refractivity contribution in [2.75, 3.05) is 6.54 Å². The highest BCUT2D eigenvalue weighted by Crippen LogP contribution is 2.12. The molecule has 5 atom stereocenters. The largest absolute Gasteiger partial charge is 0.480 e. The van der Waals surface area contributed by atoms with Crippen molar-refractivity contribution in [3.63, 3.8) is 0 Å². The van der Waals surface area contributed by atoms with Crippen LogP contribution in [-0.4, -0.2) is 59.5 Å². The summed E-state index contributed by atoms with van der Waals surface area (Å²) in [6.45, 7) is 11.4. The van der Waals surface area contributed by atoms with Crippen LogP contribution in [0.3, 0.4) is 0 Å². The quantitative estimate of drug-likeness (QED) is 0.180. The van der Waals surface area contributed by atoms with Crippen LogP contribution in [0, 0.1) is 17.8 Å². The van der Waals surface area contributed by atoms with Gasteiger partial charge in [0.1, 0.15) is 18.1 Å². The van der Waals surface area contributed by atoms with Crippen LogP contribution in [-0.2, 0) is 19.2 Å². The van der Waals surface area contributed by atoms with Crippen molar-refractivity contribution in [3.05, 3.63) is 0 Å². The number of carbonyl (C=O) groups is 4. The van der Waals surface area contributed by atoms with Crippen LogP contribution in [0.15, 0.2) is 0 Å². The van der Waals surface area contributed by atoms with Gasteiger partial charge in [-0.05, 0) is 43.6 Å². The zero-order valence-electron chi connectivity index (χ0n) is 21.0. The third-order valence-electron chi connectivity index (χ3n) is 5.67. The number of hydrogen-bond donors (Lipinski definition) is 6. The van der Waals surface area contributed by atoms with E-state index in [0.717, 1.165) is 6.42 Å². The maximum Gasteiger partial charge on any atom is 0.326 e. The molecule has 192 valence electrons. The third-order valence-corrected chi connectivity index (χ3v) is 5.67. The first-order chi connectivity index (χ1) is 15.3. The Morgan fingerprint density at radius 1 is 0.848 bits per heavy atom. The van der Waals surface area contributed by atoms with Crippen LogP contribution in [0.1, 0.15) is 73.6 Å². The van der Waals surface area contributed by atoms with E-state index in [1.807, 2.05) is 20.8 Å². The van der Waals surface area contributed by atoms with Crippen molar-refractivity contribution in [1.82, 2.24) is 16.0 Å². The first-order valence-electron chi connectivity index (χ1n) is 11.9. The molecule has 10 nitrogen and oxygen atoms in total. The molecule has 33 heavy (non-hydrogen) atoms. The van der Waals surface area contributed by atoms with Crippen molar-refractivity contribution in [2.24, 2.45) is 29.2 Å². The lowest BCUT2D eigenvalue weighted by molar-refractivity contribution is -0.144. The molecule has 0 aromatic rings. The van der Waals surface area contributed by atoms with E-state index in [0.29, 0.717) is 32.2 Å². The molecule has 5 unspecified atom stereocenters. The molecule has 3 amide bonds. The molecule has 0 radical (unpaired) electrons. The highest BCUT2D eigenvalue weighted by atomic mass is 16.4. The molecule has 0 aliphatic heterocycles. The molecule has 0 aromatic carbocycles. The number of amides is 3. The van der Waals surface area contributed by atoms with Crippen LogP contribution >= 0.6 is 0 Å². The Bertz CT molecular complexity index is 641. The normalized spacial score (nSPS) is 15.9. The van der Waals surface area contributed by atoms with E-state index < -0.39 is 47.9 Å². The molecule has 0 rings (SSSR count). The number of unbranched alkanes of at least 4 members (excludes halogenated alkanes) is 1. The van der Waals surface area contributed by atoms with Crippen molar-refractivity contribution < 1.29 is 24.3 Å². The predicted molar refractivity (Wildman–Crippen MR) is 128 cm³/mol. The van der Waals surface area contributed by atoms with Gasteiger partial charge in [0.25, 0.3) is 0 Å². The van der Waals surface area contributed by atoms with Crippen molar-refractivity contribution in [2.45, 2.75) is 97.8 Å². The lowest BCUT2D eigenvalue weighted by Gasteiger charge is -2.29. The van der Waals surface area contributed by atoms with E-state index in [4.69, 9.17) is 11.5 Å². The smallest absolute Gasteiger partial charge is 0.326 e. The SMILES string of the molecule is CCC(C)C(NC(=O)C(CC(C)C)NC(=O)C(N)CCCCN)C(=O)NC(C(=O)O)C(C)C. The summed E-state index contributed by atoms with van der Waals surface area (Å²) >= 11 is 0. The van der Waals surface area contributed by atoms with Gasteiger partial charge in [-0.2, -0.15) is 0 Å². The Kier molecular flexibility index (Phi) is 14.6. The average Bonchev–Trinajstić information content (AvgIpc) is 2.73. The summed E-state index contributed by atoms with van der Waals surface area (Å²) in [7, 11) is 0. The zero-order valence-corrected chi connectivity index (χ0v) is 21.0. The van der Waals surface area contributed by atoms with Gasteiger partial charge in [0.05, 0.1) is 6.04 Å². The number of hydrogen-bond acceptors (Lipinski definition) is 6. The molecule has 0 saturated heterocycles. The number of nitrogens with one attached hydrogen (secondary N) is 3. The summed E-state index contributed by atoms with van der Waals surface area (Å²) in [6.07, 6.45) is 2.89. The topological polar surface area (TPSA) is 177 Å². The first-order valence-corrected chi connectivity index (χ1v) is 11.9. The number of carboxylic acid groups (broad SMARTS) is 1. The molecule has 0 saturated carbocycles. The maximum atomic E-state index is 13.1. The van der Waals surface area contributed by atoms with Gasteiger partial charge in [-0.3, -0.25) is 14.4 Å². The number of rotatable bonds is 16. The summed E-state index contributed by atoms with van der Waals surface area (Å²) in [4.78, 5) is 50.1. The molecule has 0 aromatic heterocycles. The van der Waals surface area contributed by atoms with Crippen LogP contribution < -0.4 is 27.4 Å². The summed E-state index contributed by atoms with van der Waals surface area (Å²) in [6, 6.07) is -3.63. The van der Waals surface area contributed by atoms with Gasteiger partial charge >= 0.3 is 5.97 Å². The fraction of sp³-hybridized carbons (Fsp3) is 0.826. The van der Waals surface area contributed by atoms with Crippen LogP contribution in [0.4, 0.5) is 0 Å². The van der Waals surface area contributed by atoms with Crippen LogP contribution in [0.25, 0.3) is 0 Å². The van der Waals surface area contributed by atoms with E-state index in [1.54, 1.807) is 20.8 Å². The van der Waals surface area contributed by atoms with Gasteiger partial charge in [0.2, 0.25) is 17.7 Å². The number of carbonyl (C=O) groups excluding carboxylic acids is 3. The minimum atomic E-state index is -1.14. The van der Waals surface area contributed by atoms with E-state index in [2.05, 4.69) is 16.0 Å².